The molecule has 20 heavy (non-hydrogen) atoms. The van der Waals surface area contributed by atoms with Crippen LogP contribution in [0.1, 0.15) is 5.56 Å². The molecule has 7 heteroatoms. The maximum atomic E-state index is 13.2. The molecule has 104 valence electrons. The van der Waals surface area contributed by atoms with Crippen molar-refractivity contribution in [3.8, 4) is 11.5 Å². The summed E-state index contributed by atoms with van der Waals surface area (Å²) in [6, 6.07) is 6.94. The third kappa shape index (κ3) is 3.16. The van der Waals surface area contributed by atoms with Gasteiger partial charge in [-0.25, -0.2) is 4.39 Å². The van der Waals surface area contributed by atoms with Crippen LogP contribution in [0, 0.1) is 22.9 Å². The second-order valence-electron chi connectivity index (χ2n) is 4.00. The molecule has 0 aliphatic rings. The molecule has 0 heterocycles. The van der Waals surface area contributed by atoms with Gasteiger partial charge < -0.3 is 4.74 Å². The monoisotopic (exact) mass is 403 g/mol. The van der Waals surface area contributed by atoms with Gasteiger partial charge >= 0.3 is 0 Å². The van der Waals surface area contributed by atoms with Gasteiger partial charge in [-0.05, 0) is 57.0 Å². The third-order valence-electron chi connectivity index (χ3n) is 2.56. The molecule has 0 saturated carbocycles. The average molecular weight is 405 g/mol. The topological polar surface area (TPSA) is 52.4 Å². The van der Waals surface area contributed by atoms with Crippen molar-refractivity contribution < 1.29 is 14.1 Å². The van der Waals surface area contributed by atoms with Gasteiger partial charge in [-0.15, -0.1) is 0 Å². The number of halogens is 3. The molecule has 0 aliphatic heterocycles. The normalized spacial score (nSPS) is 10.4. The first-order valence-electron chi connectivity index (χ1n) is 5.46. The summed E-state index contributed by atoms with van der Waals surface area (Å²) in [6.07, 6.45) is 0. The highest BCUT2D eigenvalue weighted by molar-refractivity contribution is 9.11. The van der Waals surface area contributed by atoms with Crippen LogP contribution in [-0.2, 0) is 0 Å². The zero-order valence-electron chi connectivity index (χ0n) is 10.2. The maximum absolute atomic E-state index is 13.2. The van der Waals surface area contributed by atoms with Crippen LogP contribution >= 0.6 is 31.9 Å². The summed E-state index contributed by atoms with van der Waals surface area (Å²) in [6.45, 7) is 1.61. The van der Waals surface area contributed by atoms with Gasteiger partial charge in [-0.3, -0.25) is 10.1 Å². The van der Waals surface area contributed by atoms with Crippen molar-refractivity contribution in [2.24, 2.45) is 0 Å². The van der Waals surface area contributed by atoms with Crippen LogP contribution in [0.2, 0.25) is 0 Å². The van der Waals surface area contributed by atoms with Crippen molar-refractivity contribution >= 4 is 37.5 Å². The number of ether oxygens (including phenoxy) is 1. The Bertz CT molecular complexity index is 692. The number of nitro groups is 1. The highest BCUT2D eigenvalue weighted by Crippen LogP contribution is 2.37. The number of aryl methyl sites for hydroxylation is 1. The Morgan fingerprint density at radius 1 is 1.15 bits per heavy atom. The fraction of sp³-hybridized carbons (Fsp3) is 0.0769. The van der Waals surface area contributed by atoms with Crippen molar-refractivity contribution in [2.75, 3.05) is 0 Å². The van der Waals surface area contributed by atoms with Gasteiger partial charge in [0.15, 0.2) is 0 Å². The van der Waals surface area contributed by atoms with Crippen molar-refractivity contribution in [2.45, 2.75) is 6.92 Å². The summed E-state index contributed by atoms with van der Waals surface area (Å²) in [7, 11) is 0. The quantitative estimate of drug-likeness (QED) is 0.511. The van der Waals surface area contributed by atoms with E-state index in [0.29, 0.717) is 26.0 Å². The van der Waals surface area contributed by atoms with E-state index in [4.69, 9.17) is 4.74 Å². The van der Waals surface area contributed by atoms with E-state index in [0.717, 1.165) is 0 Å². The summed E-state index contributed by atoms with van der Waals surface area (Å²) in [5.74, 6) is 0.233. The van der Waals surface area contributed by atoms with E-state index in [1.54, 1.807) is 6.92 Å². The van der Waals surface area contributed by atoms with Crippen LogP contribution in [-0.4, -0.2) is 4.92 Å². The lowest BCUT2D eigenvalue weighted by molar-refractivity contribution is -0.385. The molecular formula is C13H8Br2FNO3. The first-order chi connectivity index (χ1) is 9.38. The molecule has 0 atom stereocenters. The minimum Gasteiger partial charge on any atom is -0.455 e. The third-order valence-corrected chi connectivity index (χ3v) is 3.84. The second kappa shape index (κ2) is 5.88. The Kier molecular flexibility index (Phi) is 4.39. The van der Waals surface area contributed by atoms with E-state index < -0.39 is 10.7 Å². The molecule has 0 aromatic heterocycles. The summed E-state index contributed by atoms with van der Waals surface area (Å²) in [5.41, 5.74) is 0.447. The molecule has 0 amide bonds. The number of rotatable bonds is 3. The van der Waals surface area contributed by atoms with Crippen LogP contribution in [0.15, 0.2) is 39.3 Å². The summed E-state index contributed by atoms with van der Waals surface area (Å²) in [5, 5.41) is 10.8. The number of nitro benzene ring substituents is 1. The Morgan fingerprint density at radius 2 is 1.80 bits per heavy atom. The molecule has 0 unspecified atom stereocenters. The molecule has 0 radical (unpaired) electrons. The van der Waals surface area contributed by atoms with Crippen LogP contribution in [0.5, 0.6) is 11.5 Å². The molecule has 4 nitrogen and oxygen atoms in total. The first kappa shape index (κ1) is 14.9. The molecule has 0 aliphatic carbocycles. The average Bonchev–Trinajstić information content (AvgIpc) is 2.37. The van der Waals surface area contributed by atoms with E-state index in [1.165, 1.54) is 30.3 Å². The lowest BCUT2D eigenvalue weighted by Crippen LogP contribution is -1.94. The van der Waals surface area contributed by atoms with Gasteiger partial charge in [0, 0.05) is 17.7 Å². The van der Waals surface area contributed by atoms with Crippen LogP contribution in [0.25, 0.3) is 0 Å². The van der Waals surface area contributed by atoms with Crippen LogP contribution in [0.3, 0.4) is 0 Å². The Morgan fingerprint density at radius 3 is 2.45 bits per heavy atom. The van der Waals surface area contributed by atoms with E-state index in [1.807, 2.05) is 0 Å². The molecule has 0 fully saturated rings. The van der Waals surface area contributed by atoms with E-state index in [-0.39, 0.29) is 5.69 Å². The van der Waals surface area contributed by atoms with Gasteiger partial charge in [0.05, 0.1) is 13.9 Å². The molecule has 2 rings (SSSR count). The smallest absolute Gasteiger partial charge is 0.273 e. The summed E-state index contributed by atoms with van der Waals surface area (Å²) in [4.78, 5) is 10.4. The predicted molar refractivity (Wildman–Crippen MR) is 79.7 cm³/mol. The fourth-order valence-electron chi connectivity index (χ4n) is 1.59. The molecule has 0 N–H and O–H groups in total. The Balaban J connectivity index is 2.42. The van der Waals surface area contributed by atoms with Gasteiger partial charge in [-0.2, -0.15) is 0 Å². The van der Waals surface area contributed by atoms with Crippen molar-refractivity contribution in [1.29, 1.82) is 0 Å². The second-order valence-corrected chi connectivity index (χ2v) is 5.71. The zero-order chi connectivity index (χ0) is 14.9. The Labute approximate surface area is 131 Å². The first-order valence-corrected chi connectivity index (χ1v) is 7.04. The fourth-order valence-corrected chi connectivity index (χ4v) is 2.33. The maximum Gasteiger partial charge on any atom is 0.273 e. The number of hydrogen-bond acceptors (Lipinski definition) is 3. The predicted octanol–water partition coefficient (Wildman–Crippen LogP) is 5.36. The highest BCUT2D eigenvalue weighted by atomic mass is 79.9. The highest BCUT2D eigenvalue weighted by Gasteiger charge is 2.16. The van der Waals surface area contributed by atoms with Crippen molar-refractivity contribution in [1.82, 2.24) is 0 Å². The van der Waals surface area contributed by atoms with Gasteiger partial charge in [0.2, 0.25) is 0 Å². The van der Waals surface area contributed by atoms with Crippen molar-refractivity contribution in [3.05, 3.63) is 60.8 Å². The lowest BCUT2D eigenvalue weighted by atomic mass is 10.2. The number of hydrogen-bond donors (Lipinski definition) is 0. The summed E-state index contributed by atoms with van der Waals surface area (Å²) < 4.78 is 19.8. The molecular weight excluding hydrogens is 397 g/mol. The molecule has 2 aromatic carbocycles. The minimum atomic E-state index is -0.470. The van der Waals surface area contributed by atoms with Crippen molar-refractivity contribution in [3.63, 3.8) is 0 Å². The van der Waals surface area contributed by atoms with E-state index in [9.17, 15) is 14.5 Å². The lowest BCUT2D eigenvalue weighted by Gasteiger charge is -2.10. The van der Waals surface area contributed by atoms with Gasteiger partial charge in [0.1, 0.15) is 17.3 Å². The Hall–Kier alpha value is -1.47. The SMILES string of the molecule is Cc1cc(Oc2cc(F)ccc2Br)c(Br)cc1[N+](=O)[O-]. The van der Waals surface area contributed by atoms with Gasteiger partial charge in [0.25, 0.3) is 5.69 Å². The van der Waals surface area contributed by atoms with E-state index >= 15 is 0 Å². The summed E-state index contributed by atoms with van der Waals surface area (Å²) >= 11 is 6.47. The standard InChI is InChI=1S/C13H8Br2FNO3/c1-7-4-12(10(15)6-11(7)17(18)19)20-13-5-8(16)2-3-9(13)14/h2-6H,1H3. The number of nitrogens with zero attached hydrogens (tertiary/aromatic N) is 1. The van der Waals surface area contributed by atoms with Crippen LogP contribution < -0.4 is 4.74 Å². The zero-order valence-corrected chi connectivity index (χ0v) is 13.4. The molecule has 2 aromatic rings. The van der Waals surface area contributed by atoms with E-state index in [2.05, 4.69) is 31.9 Å². The number of benzene rings is 2. The molecule has 0 saturated heterocycles. The minimum absolute atomic E-state index is 0.0115. The molecule has 0 spiro atoms. The van der Waals surface area contributed by atoms with Gasteiger partial charge in [-0.1, -0.05) is 0 Å². The van der Waals surface area contributed by atoms with Crippen LogP contribution in [0.4, 0.5) is 10.1 Å². The molecule has 0 bridgehead atoms. The largest absolute Gasteiger partial charge is 0.455 e.